The summed E-state index contributed by atoms with van der Waals surface area (Å²) in [7, 11) is 0. The van der Waals surface area contributed by atoms with Gasteiger partial charge in [-0.15, -0.1) is 0 Å². The van der Waals surface area contributed by atoms with Gasteiger partial charge in [0.1, 0.15) is 5.15 Å². The summed E-state index contributed by atoms with van der Waals surface area (Å²) in [6.07, 6.45) is -1.33. The number of nitrogens with zero attached hydrogens (tertiary/aromatic N) is 4. The molecule has 0 aliphatic carbocycles. The first-order chi connectivity index (χ1) is 11.3. The van der Waals surface area contributed by atoms with Gasteiger partial charge in [0.15, 0.2) is 5.82 Å². The maximum Gasteiger partial charge on any atom is 0.471 e. The number of nitrogens with one attached hydrogen (secondary N) is 1. The van der Waals surface area contributed by atoms with Crippen molar-refractivity contribution < 1.29 is 18.0 Å². The predicted octanol–water partition coefficient (Wildman–Crippen LogP) is 3.22. The van der Waals surface area contributed by atoms with Crippen LogP contribution in [0.2, 0.25) is 5.15 Å². The third-order valence-corrected chi connectivity index (χ3v) is 3.30. The fraction of sp³-hybridized carbons (Fsp3) is 0.429. The van der Waals surface area contributed by atoms with E-state index < -0.39 is 12.1 Å². The summed E-state index contributed by atoms with van der Waals surface area (Å²) < 4.78 is 38.6. The van der Waals surface area contributed by atoms with Crippen molar-refractivity contribution in [2.24, 2.45) is 0 Å². The summed E-state index contributed by atoms with van der Waals surface area (Å²) in [6.45, 7) is 2.08. The summed E-state index contributed by atoms with van der Waals surface area (Å²) in [5.74, 6) is -1.97. The Balaban J connectivity index is 2.24. The Bertz CT molecular complexity index is 699. The van der Waals surface area contributed by atoms with Crippen LogP contribution in [0.25, 0.3) is 0 Å². The molecule has 0 fully saturated rings. The average Bonchev–Trinajstić information content (AvgIpc) is 2.88. The minimum Gasteiger partial charge on any atom is -0.287 e. The first-order valence-corrected chi connectivity index (χ1v) is 7.59. The van der Waals surface area contributed by atoms with Gasteiger partial charge in [0.05, 0.1) is 6.54 Å². The lowest BCUT2D eigenvalue weighted by molar-refractivity contribution is -0.167. The van der Waals surface area contributed by atoms with Crippen molar-refractivity contribution in [1.82, 2.24) is 19.7 Å². The van der Waals surface area contributed by atoms with E-state index in [1.807, 2.05) is 6.92 Å². The quantitative estimate of drug-likeness (QED) is 0.802. The Labute approximate surface area is 141 Å². The minimum atomic E-state index is -5.00. The average molecular weight is 362 g/mol. The van der Waals surface area contributed by atoms with Crippen LogP contribution in [0.1, 0.15) is 31.2 Å². The number of rotatable bonds is 6. The Morgan fingerprint density at radius 3 is 2.71 bits per heavy atom. The van der Waals surface area contributed by atoms with Gasteiger partial charge < -0.3 is 0 Å². The molecule has 0 saturated heterocycles. The maximum atomic E-state index is 12.5. The Morgan fingerprint density at radius 2 is 2.12 bits per heavy atom. The number of amides is 1. The van der Waals surface area contributed by atoms with Crippen molar-refractivity contribution in [3.05, 3.63) is 34.9 Å². The van der Waals surface area contributed by atoms with Crippen LogP contribution in [-0.2, 0) is 17.8 Å². The largest absolute Gasteiger partial charge is 0.471 e. The topological polar surface area (TPSA) is 72.7 Å². The second-order valence-electron chi connectivity index (χ2n) is 5.05. The predicted molar refractivity (Wildman–Crippen MR) is 81.7 cm³/mol. The van der Waals surface area contributed by atoms with Crippen LogP contribution in [0, 0.1) is 0 Å². The third kappa shape index (κ3) is 4.92. The van der Waals surface area contributed by atoms with Crippen LogP contribution < -0.4 is 5.32 Å². The number of hydrogen-bond acceptors (Lipinski definition) is 4. The highest BCUT2D eigenvalue weighted by Gasteiger charge is 2.39. The Kier molecular flexibility index (Phi) is 5.76. The zero-order valence-corrected chi connectivity index (χ0v) is 13.5. The van der Waals surface area contributed by atoms with Crippen molar-refractivity contribution in [3.63, 3.8) is 0 Å². The van der Waals surface area contributed by atoms with Crippen molar-refractivity contribution in [1.29, 1.82) is 0 Å². The Hall–Kier alpha value is -2.16. The molecule has 0 spiro atoms. The fourth-order valence-electron chi connectivity index (χ4n) is 1.88. The molecule has 0 radical (unpaired) electrons. The maximum absolute atomic E-state index is 12.5. The second kappa shape index (κ2) is 7.61. The molecule has 2 aromatic rings. The number of pyridine rings is 1. The number of anilines is 1. The molecule has 0 bridgehead atoms. The summed E-state index contributed by atoms with van der Waals surface area (Å²) in [6, 6.07) is 3.22. The van der Waals surface area contributed by atoms with Crippen molar-refractivity contribution in [2.75, 3.05) is 5.32 Å². The summed E-state index contributed by atoms with van der Waals surface area (Å²) in [5.41, 5.74) is 0.661. The van der Waals surface area contributed by atoms with Gasteiger partial charge in [-0.3, -0.25) is 10.1 Å². The van der Waals surface area contributed by atoms with E-state index in [0.29, 0.717) is 23.0 Å². The molecule has 0 aromatic carbocycles. The second-order valence-corrected chi connectivity index (χ2v) is 5.44. The Morgan fingerprint density at radius 1 is 1.38 bits per heavy atom. The molecular weight excluding hydrogens is 347 g/mol. The van der Waals surface area contributed by atoms with Gasteiger partial charge in [-0.25, -0.2) is 9.67 Å². The minimum absolute atomic E-state index is 0.108. The SMILES string of the molecule is CCCCc1nc(NC(=O)C(F)(F)F)n(Cc2ccc(Cl)nc2)n1. The molecule has 0 atom stereocenters. The summed E-state index contributed by atoms with van der Waals surface area (Å²) in [4.78, 5) is 19.0. The molecule has 1 amide bonds. The monoisotopic (exact) mass is 361 g/mol. The summed E-state index contributed by atoms with van der Waals surface area (Å²) >= 11 is 5.70. The van der Waals surface area contributed by atoms with Gasteiger partial charge in [0, 0.05) is 12.6 Å². The van der Waals surface area contributed by atoms with E-state index >= 15 is 0 Å². The smallest absolute Gasteiger partial charge is 0.287 e. The van der Waals surface area contributed by atoms with Crippen molar-refractivity contribution in [2.45, 2.75) is 38.9 Å². The van der Waals surface area contributed by atoms with Gasteiger partial charge in [-0.1, -0.05) is 31.0 Å². The van der Waals surface area contributed by atoms with E-state index in [2.05, 4.69) is 15.1 Å². The highest BCUT2D eigenvalue weighted by molar-refractivity contribution is 6.29. The molecule has 2 heterocycles. The lowest BCUT2D eigenvalue weighted by atomic mass is 10.2. The number of carbonyl (C=O) groups is 1. The van der Waals surface area contributed by atoms with E-state index in [4.69, 9.17) is 11.6 Å². The number of aryl methyl sites for hydroxylation is 1. The third-order valence-electron chi connectivity index (χ3n) is 3.07. The zero-order valence-electron chi connectivity index (χ0n) is 12.8. The zero-order chi connectivity index (χ0) is 17.7. The van der Waals surface area contributed by atoms with E-state index in [1.165, 1.54) is 10.9 Å². The molecule has 6 nitrogen and oxygen atoms in total. The first-order valence-electron chi connectivity index (χ1n) is 7.22. The van der Waals surface area contributed by atoms with Gasteiger partial charge >= 0.3 is 12.1 Å². The van der Waals surface area contributed by atoms with Crippen LogP contribution in [0.3, 0.4) is 0 Å². The highest BCUT2D eigenvalue weighted by Crippen LogP contribution is 2.18. The number of aromatic nitrogens is 4. The molecule has 0 unspecified atom stereocenters. The molecule has 130 valence electrons. The van der Waals surface area contributed by atoms with Gasteiger partial charge in [0.2, 0.25) is 5.95 Å². The number of alkyl halides is 3. The van der Waals surface area contributed by atoms with Crippen LogP contribution in [0.5, 0.6) is 0 Å². The van der Waals surface area contributed by atoms with E-state index in [0.717, 1.165) is 12.8 Å². The first kappa shape index (κ1) is 18.2. The van der Waals surface area contributed by atoms with Gasteiger partial charge in [-0.05, 0) is 18.1 Å². The number of hydrogen-bond donors (Lipinski definition) is 1. The molecule has 0 aliphatic heterocycles. The molecule has 24 heavy (non-hydrogen) atoms. The molecule has 1 N–H and O–H groups in total. The number of halogens is 4. The van der Waals surface area contributed by atoms with Crippen LogP contribution in [-0.4, -0.2) is 31.8 Å². The molecule has 0 aliphatic rings. The van der Waals surface area contributed by atoms with Gasteiger partial charge in [0.25, 0.3) is 0 Å². The molecular formula is C14H15ClF3N5O. The molecule has 2 rings (SSSR count). The van der Waals surface area contributed by atoms with Crippen LogP contribution >= 0.6 is 11.6 Å². The van der Waals surface area contributed by atoms with Crippen molar-refractivity contribution in [3.8, 4) is 0 Å². The number of carbonyl (C=O) groups excluding carboxylic acids is 1. The highest BCUT2D eigenvalue weighted by atomic mass is 35.5. The van der Waals surface area contributed by atoms with Gasteiger partial charge in [-0.2, -0.15) is 23.3 Å². The molecule has 0 saturated carbocycles. The molecule has 2 aromatic heterocycles. The molecule has 10 heteroatoms. The van der Waals surface area contributed by atoms with E-state index in [9.17, 15) is 18.0 Å². The standard InChI is InChI=1S/C14H15ClF3N5O/c1-2-3-4-11-20-13(21-12(24)14(16,17)18)23(22-11)8-9-5-6-10(15)19-7-9/h5-7H,2-4,8H2,1H3,(H,20,21,22,24). The summed E-state index contributed by atoms with van der Waals surface area (Å²) in [5, 5.41) is 6.22. The number of unbranched alkanes of at least 4 members (excludes halogenated alkanes) is 1. The normalized spacial score (nSPS) is 11.5. The van der Waals surface area contributed by atoms with Crippen LogP contribution in [0.4, 0.5) is 19.1 Å². The lowest BCUT2D eigenvalue weighted by Gasteiger charge is -2.09. The van der Waals surface area contributed by atoms with E-state index in [-0.39, 0.29) is 12.5 Å². The fourth-order valence-corrected chi connectivity index (χ4v) is 1.99. The van der Waals surface area contributed by atoms with Crippen LogP contribution in [0.15, 0.2) is 18.3 Å². The van der Waals surface area contributed by atoms with E-state index in [1.54, 1.807) is 17.4 Å². The lowest BCUT2D eigenvalue weighted by Crippen LogP contribution is -2.31. The van der Waals surface area contributed by atoms with Crippen molar-refractivity contribution >= 4 is 23.5 Å².